The highest BCUT2D eigenvalue weighted by atomic mass is 35.5. The second kappa shape index (κ2) is 9.27. The average Bonchev–Trinajstić information content (AvgIpc) is 3.23. The van der Waals surface area contributed by atoms with Crippen molar-refractivity contribution in [1.82, 2.24) is 9.88 Å². The van der Waals surface area contributed by atoms with Crippen LogP contribution in [0.1, 0.15) is 30.7 Å². The Kier molecular flexibility index (Phi) is 6.30. The van der Waals surface area contributed by atoms with E-state index in [1.165, 1.54) is 5.56 Å². The molecular weight excluding hydrogens is 384 g/mol. The number of carbonyl (C=O) groups excluding carboxylic acids is 1. The van der Waals surface area contributed by atoms with E-state index in [1.54, 1.807) is 6.20 Å². The van der Waals surface area contributed by atoms with Gasteiger partial charge in [-0.2, -0.15) is 0 Å². The summed E-state index contributed by atoms with van der Waals surface area (Å²) in [5.41, 5.74) is 2.32. The summed E-state index contributed by atoms with van der Waals surface area (Å²) in [6.07, 6.45) is 5.91. The maximum Gasteiger partial charge on any atom is 0.223 e. The molecule has 29 heavy (non-hydrogen) atoms. The Bertz CT molecular complexity index is 929. The quantitative estimate of drug-likeness (QED) is 0.547. The Morgan fingerprint density at radius 2 is 1.79 bits per heavy atom. The van der Waals surface area contributed by atoms with E-state index in [9.17, 15) is 4.79 Å². The number of rotatable bonds is 6. The van der Waals surface area contributed by atoms with Crippen LogP contribution in [0.4, 0.5) is 0 Å². The largest absolute Gasteiger partial charge is 0.441 e. The molecule has 2 aromatic carbocycles. The highest BCUT2D eigenvalue weighted by Crippen LogP contribution is 2.24. The van der Waals surface area contributed by atoms with Gasteiger partial charge in [0.05, 0.1) is 6.20 Å². The van der Waals surface area contributed by atoms with Crippen LogP contribution in [0.15, 0.2) is 65.2 Å². The van der Waals surface area contributed by atoms with Crippen LogP contribution < -0.4 is 0 Å². The molecule has 4 nitrogen and oxygen atoms in total. The Morgan fingerprint density at radius 1 is 1.07 bits per heavy atom. The zero-order chi connectivity index (χ0) is 20.1. The van der Waals surface area contributed by atoms with E-state index in [4.69, 9.17) is 16.0 Å². The normalized spacial score (nSPS) is 14.9. The third kappa shape index (κ3) is 5.27. The minimum Gasteiger partial charge on any atom is -0.441 e. The minimum absolute atomic E-state index is 0.189. The van der Waals surface area contributed by atoms with Crippen molar-refractivity contribution in [1.29, 1.82) is 0 Å². The first kappa shape index (κ1) is 19.7. The summed E-state index contributed by atoms with van der Waals surface area (Å²) >= 11 is 5.92. The molecule has 1 aromatic heterocycles. The van der Waals surface area contributed by atoms with Crippen molar-refractivity contribution in [2.75, 3.05) is 13.1 Å². The monoisotopic (exact) mass is 408 g/mol. The van der Waals surface area contributed by atoms with E-state index < -0.39 is 0 Å². The van der Waals surface area contributed by atoms with Gasteiger partial charge in [-0.1, -0.05) is 41.9 Å². The summed E-state index contributed by atoms with van der Waals surface area (Å²) in [4.78, 5) is 18.9. The molecule has 4 rings (SSSR count). The Balaban J connectivity index is 1.24. The summed E-state index contributed by atoms with van der Waals surface area (Å²) in [5, 5.41) is 0.687. The zero-order valence-corrected chi connectivity index (χ0v) is 17.1. The van der Waals surface area contributed by atoms with Crippen molar-refractivity contribution in [3.05, 3.63) is 77.3 Å². The third-order valence-corrected chi connectivity index (χ3v) is 5.82. The first-order valence-electron chi connectivity index (χ1n) is 10.2. The second-order valence-corrected chi connectivity index (χ2v) is 8.08. The molecule has 1 aliphatic rings. The lowest BCUT2D eigenvalue weighted by atomic mass is 9.90. The molecule has 0 atom stereocenters. The van der Waals surface area contributed by atoms with Gasteiger partial charge in [-0.3, -0.25) is 4.79 Å². The molecule has 1 aliphatic heterocycles. The molecule has 0 N–H and O–H groups in total. The average molecular weight is 409 g/mol. The lowest BCUT2D eigenvalue weighted by Gasteiger charge is -2.32. The van der Waals surface area contributed by atoms with Crippen molar-refractivity contribution < 1.29 is 9.21 Å². The number of likely N-dealkylation sites (tertiary alicyclic amines) is 1. The molecule has 2 heterocycles. The van der Waals surface area contributed by atoms with Crippen LogP contribution in [0.5, 0.6) is 0 Å². The molecule has 3 aromatic rings. The molecule has 0 aliphatic carbocycles. The SMILES string of the molecule is O=C(CCc1ncc(-c2ccc(Cl)cc2)o1)N1CCC(Cc2ccccc2)CC1. The number of hydrogen-bond donors (Lipinski definition) is 0. The fourth-order valence-corrected chi connectivity index (χ4v) is 4.01. The summed E-state index contributed by atoms with van der Waals surface area (Å²) in [6.45, 7) is 1.69. The van der Waals surface area contributed by atoms with Gasteiger partial charge in [0, 0.05) is 36.5 Å². The molecule has 1 saturated heterocycles. The van der Waals surface area contributed by atoms with Crippen LogP contribution in [0, 0.1) is 5.92 Å². The topological polar surface area (TPSA) is 46.3 Å². The fourth-order valence-electron chi connectivity index (χ4n) is 3.88. The van der Waals surface area contributed by atoms with Gasteiger partial charge in [-0.05, 0) is 55.0 Å². The van der Waals surface area contributed by atoms with Gasteiger partial charge in [0.2, 0.25) is 5.91 Å². The van der Waals surface area contributed by atoms with Gasteiger partial charge in [-0.15, -0.1) is 0 Å². The molecule has 5 heteroatoms. The predicted octanol–water partition coefficient (Wildman–Crippen LogP) is 5.41. The van der Waals surface area contributed by atoms with Gasteiger partial charge in [0.15, 0.2) is 11.7 Å². The highest BCUT2D eigenvalue weighted by molar-refractivity contribution is 6.30. The summed E-state index contributed by atoms with van der Waals surface area (Å²) in [7, 11) is 0. The molecule has 1 amide bonds. The second-order valence-electron chi connectivity index (χ2n) is 7.64. The third-order valence-electron chi connectivity index (χ3n) is 5.57. The first-order chi connectivity index (χ1) is 14.2. The Morgan fingerprint density at radius 3 is 2.52 bits per heavy atom. The number of halogens is 1. The standard InChI is InChI=1S/C24H25ClN2O2/c25-21-8-6-20(7-9-21)22-17-26-23(29-22)10-11-24(28)27-14-12-19(13-15-27)16-18-4-2-1-3-5-18/h1-9,17,19H,10-16H2. The predicted molar refractivity (Wildman–Crippen MR) is 115 cm³/mol. The van der Waals surface area contributed by atoms with Crippen LogP contribution in [-0.2, 0) is 17.6 Å². The maximum atomic E-state index is 12.6. The molecule has 150 valence electrons. The minimum atomic E-state index is 0.189. The van der Waals surface area contributed by atoms with Gasteiger partial charge < -0.3 is 9.32 Å². The fraction of sp³-hybridized carbons (Fsp3) is 0.333. The van der Waals surface area contributed by atoms with E-state index >= 15 is 0 Å². The lowest BCUT2D eigenvalue weighted by Crippen LogP contribution is -2.39. The number of benzene rings is 2. The molecule has 0 bridgehead atoms. The number of carbonyl (C=O) groups is 1. The van der Waals surface area contributed by atoms with Crippen molar-refractivity contribution >= 4 is 17.5 Å². The van der Waals surface area contributed by atoms with Gasteiger partial charge in [0.25, 0.3) is 0 Å². The molecule has 0 saturated carbocycles. The van der Waals surface area contributed by atoms with Crippen molar-refractivity contribution in [3.8, 4) is 11.3 Å². The first-order valence-corrected chi connectivity index (χ1v) is 10.6. The van der Waals surface area contributed by atoms with E-state index in [2.05, 4.69) is 35.3 Å². The van der Waals surface area contributed by atoms with Crippen LogP contribution in [0.25, 0.3) is 11.3 Å². The summed E-state index contributed by atoms with van der Waals surface area (Å²) in [5.74, 6) is 2.15. The maximum absolute atomic E-state index is 12.6. The molecular formula is C24H25ClN2O2. The van der Waals surface area contributed by atoms with Crippen LogP contribution >= 0.6 is 11.6 Å². The van der Waals surface area contributed by atoms with Gasteiger partial charge >= 0.3 is 0 Å². The lowest BCUT2D eigenvalue weighted by molar-refractivity contribution is -0.132. The van der Waals surface area contributed by atoms with Crippen molar-refractivity contribution in [2.45, 2.75) is 32.1 Å². The number of oxazole rings is 1. The van der Waals surface area contributed by atoms with E-state index in [1.807, 2.05) is 29.2 Å². The number of amides is 1. The molecule has 0 unspecified atom stereocenters. The molecule has 1 fully saturated rings. The number of piperidine rings is 1. The summed E-state index contributed by atoms with van der Waals surface area (Å²) < 4.78 is 5.81. The zero-order valence-electron chi connectivity index (χ0n) is 16.4. The van der Waals surface area contributed by atoms with Crippen molar-refractivity contribution in [3.63, 3.8) is 0 Å². The highest BCUT2D eigenvalue weighted by Gasteiger charge is 2.23. The summed E-state index contributed by atoms with van der Waals surface area (Å²) in [6, 6.07) is 18.1. The van der Waals surface area contributed by atoms with Crippen LogP contribution in [0.3, 0.4) is 0 Å². The Labute approximate surface area is 176 Å². The van der Waals surface area contributed by atoms with E-state index in [-0.39, 0.29) is 5.91 Å². The van der Waals surface area contributed by atoms with E-state index in [0.29, 0.717) is 35.4 Å². The number of aryl methyl sites for hydroxylation is 1. The van der Waals surface area contributed by atoms with Crippen molar-refractivity contribution in [2.24, 2.45) is 5.92 Å². The number of aromatic nitrogens is 1. The van der Waals surface area contributed by atoms with Gasteiger partial charge in [-0.25, -0.2) is 4.98 Å². The number of nitrogens with zero attached hydrogens (tertiary/aromatic N) is 2. The number of hydrogen-bond acceptors (Lipinski definition) is 3. The smallest absolute Gasteiger partial charge is 0.223 e. The van der Waals surface area contributed by atoms with Crippen LogP contribution in [-0.4, -0.2) is 28.9 Å². The van der Waals surface area contributed by atoms with Crippen LogP contribution in [0.2, 0.25) is 5.02 Å². The van der Waals surface area contributed by atoms with Gasteiger partial charge in [0.1, 0.15) is 0 Å². The molecule has 0 spiro atoms. The molecule has 0 radical (unpaired) electrons. The Hall–Kier alpha value is -2.59. The van der Waals surface area contributed by atoms with E-state index in [0.717, 1.165) is 37.9 Å².